The lowest BCUT2D eigenvalue weighted by Gasteiger charge is -2.21. The molecule has 3 aromatic heterocycles. The van der Waals surface area contributed by atoms with Crippen LogP contribution in [0.3, 0.4) is 0 Å². The fourth-order valence-corrected chi connectivity index (χ4v) is 23.0. The molecule has 3 heteroatoms. The Balaban J connectivity index is 0.666. The van der Waals surface area contributed by atoms with Gasteiger partial charge < -0.3 is 13.3 Å². The Bertz CT molecular complexity index is 10100. The summed E-state index contributed by atoms with van der Waals surface area (Å²) in [5, 5.41) is 34.8. The standard InChI is InChI=1S/C132H76O3/c1-2-24-80(25-3-1)127-105-36-14-16-38-107(105)130(108-39-17-15-37-106(108)127)96-63-95-62-88(48-55-99(95)114(70-96)93-53-57-101-116-65-83-27-5-8-30-86(83)72-125(116)134-122(101)75-93)89-50-59-111-119(68-89)132(104-43-21-33-79-23-11-13-35-98(79)104)120-69-91(51-60-112(120)129(111)94-54-58-102-117-66-84-28-6-9-31-87(84)73-126(117)135-123(102)76-94)90-52-61-113-118(67-90)128(109-40-18-19-41-110(109)131(113)103-42-20-32-78-22-10-12-34-97(78)103)81-46-44-77(45-47-81)92-49-56-100-115-64-82-26-4-7-29-85(82)71-124(115)133-121(100)74-92/h1-76H. The first-order valence-corrected chi connectivity index (χ1v) is 46.6. The molecule has 29 rings (SSSR count). The number of furan rings is 3. The predicted octanol–water partition coefficient (Wildman–Crippen LogP) is 37.9. The molecule has 0 amide bonds. The molecular weight excluding hydrogens is 1630 g/mol. The number of hydrogen-bond donors (Lipinski definition) is 0. The average Bonchev–Trinajstić information content (AvgIpc) is 1.70. The first kappa shape index (κ1) is 75.1. The summed E-state index contributed by atoms with van der Waals surface area (Å²) in [5.41, 5.74) is 28.1. The minimum absolute atomic E-state index is 0.842. The Labute approximate surface area is 775 Å². The van der Waals surface area contributed by atoms with Gasteiger partial charge in [0.1, 0.15) is 33.5 Å². The van der Waals surface area contributed by atoms with E-state index in [1.165, 1.54) is 120 Å². The molecule has 622 valence electrons. The second kappa shape index (κ2) is 29.4. The van der Waals surface area contributed by atoms with E-state index in [0.29, 0.717) is 0 Å². The largest absolute Gasteiger partial charge is 0.456 e. The second-order valence-electron chi connectivity index (χ2n) is 36.6. The lowest BCUT2D eigenvalue weighted by atomic mass is 9.82. The van der Waals surface area contributed by atoms with Gasteiger partial charge in [0.2, 0.25) is 0 Å². The van der Waals surface area contributed by atoms with Crippen molar-refractivity contribution in [1.82, 2.24) is 0 Å². The molecule has 29 aromatic rings. The zero-order valence-electron chi connectivity index (χ0n) is 73.1. The molecule has 26 aromatic carbocycles. The van der Waals surface area contributed by atoms with Crippen molar-refractivity contribution in [3.63, 3.8) is 0 Å². The van der Waals surface area contributed by atoms with Crippen LogP contribution in [0.15, 0.2) is 474 Å². The van der Waals surface area contributed by atoms with Crippen molar-refractivity contribution in [2.45, 2.75) is 0 Å². The zero-order chi connectivity index (χ0) is 88.2. The summed E-state index contributed by atoms with van der Waals surface area (Å²) in [6.07, 6.45) is 0. The van der Waals surface area contributed by atoms with Crippen LogP contribution in [0.5, 0.6) is 0 Å². The van der Waals surface area contributed by atoms with Crippen LogP contribution in [0.25, 0.3) is 306 Å². The summed E-state index contributed by atoms with van der Waals surface area (Å²) in [6.45, 7) is 0. The third kappa shape index (κ3) is 11.8. The number of benzene rings is 26. The van der Waals surface area contributed by atoms with E-state index in [4.69, 9.17) is 13.3 Å². The summed E-state index contributed by atoms with van der Waals surface area (Å²) >= 11 is 0. The molecule has 0 aliphatic rings. The lowest BCUT2D eigenvalue weighted by molar-refractivity contribution is 0.669. The Hall–Kier alpha value is -17.8. The van der Waals surface area contributed by atoms with Crippen LogP contribution >= 0.6 is 0 Å². The maximum absolute atomic E-state index is 7.07. The van der Waals surface area contributed by atoms with Gasteiger partial charge in [0.15, 0.2) is 0 Å². The van der Waals surface area contributed by atoms with Crippen molar-refractivity contribution >= 4 is 195 Å². The highest BCUT2D eigenvalue weighted by Crippen LogP contribution is 2.54. The van der Waals surface area contributed by atoms with E-state index in [0.717, 1.165) is 187 Å². The average molecular weight is 1710 g/mol. The molecule has 135 heavy (non-hydrogen) atoms. The number of fused-ring (bicyclic) bond motifs is 21. The molecule has 0 saturated carbocycles. The van der Waals surface area contributed by atoms with Crippen molar-refractivity contribution in [2.75, 3.05) is 0 Å². The predicted molar refractivity (Wildman–Crippen MR) is 573 cm³/mol. The van der Waals surface area contributed by atoms with E-state index >= 15 is 0 Å². The van der Waals surface area contributed by atoms with Gasteiger partial charge in [-0.2, -0.15) is 0 Å². The van der Waals surface area contributed by atoms with Crippen molar-refractivity contribution in [2.24, 2.45) is 0 Å². The van der Waals surface area contributed by atoms with Gasteiger partial charge in [0.05, 0.1) is 0 Å². The van der Waals surface area contributed by atoms with Crippen LogP contribution in [0.1, 0.15) is 0 Å². The second-order valence-corrected chi connectivity index (χ2v) is 36.6. The first-order chi connectivity index (χ1) is 66.9. The normalized spacial score (nSPS) is 12.1. The van der Waals surface area contributed by atoms with E-state index in [1.54, 1.807) is 0 Å². The Morgan fingerprint density at radius 1 is 0.0963 bits per heavy atom. The van der Waals surface area contributed by atoms with E-state index < -0.39 is 0 Å². The van der Waals surface area contributed by atoms with Crippen molar-refractivity contribution in [1.29, 1.82) is 0 Å². The molecule has 0 N–H and O–H groups in total. The third-order valence-corrected chi connectivity index (χ3v) is 29.3. The smallest absolute Gasteiger partial charge is 0.136 e. The highest BCUT2D eigenvalue weighted by Gasteiger charge is 2.27. The molecule has 3 nitrogen and oxygen atoms in total. The quantitative estimate of drug-likeness (QED) is 0.128. The van der Waals surface area contributed by atoms with Crippen molar-refractivity contribution in [3.05, 3.63) is 461 Å². The Kier molecular flexibility index (Phi) is 16.3. The highest BCUT2D eigenvalue weighted by atomic mass is 16.3. The van der Waals surface area contributed by atoms with Crippen LogP contribution < -0.4 is 0 Å². The maximum atomic E-state index is 7.07. The van der Waals surface area contributed by atoms with Crippen LogP contribution in [-0.2, 0) is 0 Å². The van der Waals surface area contributed by atoms with Crippen molar-refractivity contribution in [3.8, 4) is 111 Å². The van der Waals surface area contributed by atoms with Gasteiger partial charge in [-0.05, 0) is 350 Å². The third-order valence-electron chi connectivity index (χ3n) is 29.3. The fraction of sp³-hybridized carbons (Fsp3) is 0. The molecule has 0 unspecified atom stereocenters. The van der Waals surface area contributed by atoms with E-state index in [1.807, 2.05) is 0 Å². The molecule has 0 radical (unpaired) electrons. The minimum atomic E-state index is 0.842. The van der Waals surface area contributed by atoms with E-state index in [9.17, 15) is 0 Å². The number of rotatable bonds is 10. The van der Waals surface area contributed by atoms with Crippen LogP contribution in [0.2, 0.25) is 0 Å². The molecule has 0 aliphatic heterocycles. The molecule has 0 aliphatic carbocycles. The van der Waals surface area contributed by atoms with E-state index in [2.05, 4.69) is 461 Å². The first-order valence-electron chi connectivity index (χ1n) is 46.6. The van der Waals surface area contributed by atoms with Crippen LogP contribution in [0, 0.1) is 0 Å². The molecular formula is C132H76O3. The summed E-state index contributed by atoms with van der Waals surface area (Å²) in [6, 6.07) is 172. The molecule has 0 spiro atoms. The van der Waals surface area contributed by atoms with Gasteiger partial charge in [0, 0.05) is 32.3 Å². The van der Waals surface area contributed by atoms with Crippen LogP contribution in [-0.4, -0.2) is 0 Å². The molecule has 0 saturated heterocycles. The van der Waals surface area contributed by atoms with Crippen LogP contribution in [0.4, 0.5) is 0 Å². The fourth-order valence-electron chi connectivity index (χ4n) is 23.0. The summed E-state index contributed by atoms with van der Waals surface area (Å²) in [7, 11) is 0. The topological polar surface area (TPSA) is 39.4 Å². The zero-order valence-corrected chi connectivity index (χ0v) is 73.1. The minimum Gasteiger partial charge on any atom is -0.456 e. The SMILES string of the molecule is c1ccc(-c2c3ccccc3c(-c3cc(-c4ccc5c(c4)oc4cc6ccccc6cc45)c4ccc(-c5ccc6c(-c7ccc8c(c7)oc7cc9ccccc9cc78)c7ccc(-c8ccc9c(-c%10cccc%11ccccc%10%11)c%10ccccc%10c(-c%10ccc(-c%11ccc%12c(c%11)oc%11cc%13ccccc%13cc%11%12)cc%10)c9c8)cc7c(-c7cccc8ccccc78)c6c5)cc4c3)c3ccccc23)cc1. The highest BCUT2D eigenvalue weighted by molar-refractivity contribution is 6.29. The monoisotopic (exact) mass is 1710 g/mol. The van der Waals surface area contributed by atoms with Gasteiger partial charge >= 0.3 is 0 Å². The molecule has 0 bridgehead atoms. The van der Waals surface area contributed by atoms with Gasteiger partial charge in [-0.3, -0.25) is 0 Å². The molecule has 0 fully saturated rings. The summed E-state index contributed by atoms with van der Waals surface area (Å²) in [5.74, 6) is 0. The molecule has 0 atom stereocenters. The summed E-state index contributed by atoms with van der Waals surface area (Å²) in [4.78, 5) is 0. The Morgan fingerprint density at radius 3 is 0.822 bits per heavy atom. The van der Waals surface area contributed by atoms with Gasteiger partial charge in [0.25, 0.3) is 0 Å². The van der Waals surface area contributed by atoms with Crippen molar-refractivity contribution < 1.29 is 13.3 Å². The van der Waals surface area contributed by atoms with Gasteiger partial charge in [-0.15, -0.1) is 0 Å². The van der Waals surface area contributed by atoms with E-state index in [-0.39, 0.29) is 0 Å². The lowest BCUT2D eigenvalue weighted by Crippen LogP contribution is -1.94. The maximum Gasteiger partial charge on any atom is 0.136 e. The summed E-state index contributed by atoms with van der Waals surface area (Å²) < 4.78 is 20.7. The van der Waals surface area contributed by atoms with Gasteiger partial charge in [-0.1, -0.05) is 352 Å². The number of hydrogen-bond acceptors (Lipinski definition) is 3. The van der Waals surface area contributed by atoms with Gasteiger partial charge in [-0.25, -0.2) is 0 Å². The molecule has 3 heterocycles. The Morgan fingerprint density at radius 2 is 0.356 bits per heavy atom.